The molecule has 0 radical (unpaired) electrons. The zero-order valence-corrected chi connectivity index (χ0v) is 13.2. The van der Waals surface area contributed by atoms with Gasteiger partial charge in [-0.2, -0.15) is 0 Å². The first kappa shape index (κ1) is 17.8. The van der Waals surface area contributed by atoms with Gasteiger partial charge in [0.25, 0.3) is 0 Å². The van der Waals surface area contributed by atoms with Crippen molar-refractivity contribution in [3.05, 3.63) is 0 Å². The summed E-state index contributed by atoms with van der Waals surface area (Å²) in [5, 5.41) is 5.69. The molecule has 0 aliphatic carbocycles. The Labute approximate surface area is 127 Å². The van der Waals surface area contributed by atoms with Crippen molar-refractivity contribution in [1.82, 2.24) is 10.6 Å². The number of hydrogen-bond donors (Lipinski definition) is 3. The molecule has 1 rings (SSSR count). The molecule has 21 heavy (non-hydrogen) atoms. The van der Waals surface area contributed by atoms with Gasteiger partial charge in [-0.1, -0.05) is 26.2 Å². The van der Waals surface area contributed by atoms with E-state index in [0.29, 0.717) is 26.1 Å². The number of nitrogens with one attached hydrogen (secondary N) is 2. The van der Waals surface area contributed by atoms with Crippen molar-refractivity contribution < 1.29 is 14.3 Å². The monoisotopic (exact) mass is 299 g/mol. The van der Waals surface area contributed by atoms with Crippen LogP contribution in [-0.2, 0) is 9.53 Å². The number of carbonyl (C=O) groups is 2. The highest BCUT2D eigenvalue weighted by Gasteiger charge is 2.38. The van der Waals surface area contributed by atoms with Crippen molar-refractivity contribution in [2.24, 2.45) is 11.1 Å². The molecule has 1 saturated heterocycles. The van der Waals surface area contributed by atoms with Gasteiger partial charge in [-0.15, -0.1) is 0 Å². The number of primary amides is 1. The zero-order valence-electron chi connectivity index (χ0n) is 13.2. The Morgan fingerprint density at radius 1 is 1.29 bits per heavy atom. The molecule has 1 atom stereocenters. The van der Waals surface area contributed by atoms with E-state index in [1.807, 2.05) is 6.92 Å². The maximum absolute atomic E-state index is 11.9. The summed E-state index contributed by atoms with van der Waals surface area (Å²) in [6.45, 7) is 5.45. The molecule has 0 aromatic heterocycles. The van der Waals surface area contributed by atoms with Crippen LogP contribution < -0.4 is 16.4 Å². The highest BCUT2D eigenvalue weighted by atomic mass is 16.5. The predicted molar refractivity (Wildman–Crippen MR) is 81.8 cm³/mol. The Morgan fingerprint density at radius 2 is 1.95 bits per heavy atom. The fraction of sp³-hybridized carbons (Fsp3) is 0.867. The fourth-order valence-corrected chi connectivity index (χ4v) is 2.57. The first-order valence-corrected chi connectivity index (χ1v) is 7.92. The van der Waals surface area contributed by atoms with Crippen LogP contribution in [0.2, 0.25) is 0 Å². The number of carbonyl (C=O) groups excluding carboxylic acids is 2. The predicted octanol–water partition coefficient (Wildman–Crippen LogP) is 1.54. The van der Waals surface area contributed by atoms with Crippen LogP contribution in [0, 0.1) is 5.41 Å². The van der Waals surface area contributed by atoms with Crippen molar-refractivity contribution >= 4 is 11.9 Å². The summed E-state index contributed by atoms with van der Waals surface area (Å²) in [5.41, 5.74) is 4.84. The highest BCUT2D eigenvalue weighted by molar-refractivity contribution is 5.82. The van der Waals surface area contributed by atoms with Crippen LogP contribution in [0.3, 0.4) is 0 Å². The van der Waals surface area contributed by atoms with Gasteiger partial charge in [0, 0.05) is 25.8 Å². The molecule has 0 unspecified atom stereocenters. The van der Waals surface area contributed by atoms with E-state index < -0.39 is 5.41 Å². The van der Waals surface area contributed by atoms with E-state index in [-0.39, 0.29) is 24.5 Å². The number of nitrogens with two attached hydrogens (primary N) is 1. The molecule has 0 bridgehead atoms. The van der Waals surface area contributed by atoms with Gasteiger partial charge in [-0.05, 0) is 26.2 Å². The summed E-state index contributed by atoms with van der Waals surface area (Å²) in [7, 11) is 0. The number of rotatable bonds is 8. The van der Waals surface area contributed by atoms with Crippen molar-refractivity contribution in [1.29, 1.82) is 0 Å². The normalized spacial score (nSPS) is 18.8. The molecule has 4 N–H and O–H groups in total. The Balaban J connectivity index is 2.34. The summed E-state index contributed by atoms with van der Waals surface area (Å²) in [4.78, 5) is 23.6. The maximum atomic E-state index is 11.9. The average molecular weight is 299 g/mol. The van der Waals surface area contributed by atoms with Crippen LogP contribution in [0.1, 0.15) is 52.4 Å². The van der Waals surface area contributed by atoms with Crippen molar-refractivity contribution in [3.63, 3.8) is 0 Å². The quantitative estimate of drug-likeness (QED) is 0.593. The largest absolute Gasteiger partial charge is 0.381 e. The molecule has 6 nitrogen and oxygen atoms in total. The van der Waals surface area contributed by atoms with Crippen LogP contribution in [0.15, 0.2) is 0 Å². The molecule has 122 valence electrons. The van der Waals surface area contributed by atoms with Gasteiger partial charge in [0.2, 0.25) is 5.91 Å². The molecule has 1 aliphatic rings. The lowest BCUT2D eigenvalue weighted by molar-refractivity contribution is -0.132. The van der Waals surface area contributed by atoms with E-state index in [4.69, 9.17) is 10.5 Å². The highest BCUT2D eigenvalue weighted by Crippen LogP contribution is 2.29. The van der Waals surface area contributed by atoms with E-state index in [2.05, 4.69) is 17.6 Å². The van der Waals surface area contributed by atoms with Gasteiger partial charge in [-0.25, -0.2) is 4.79 Å². The molecule has 6 heteroatoms. The Hall–Kier alpha value is -1.30. The summed E-state index contributed by atoms with van der Waals surface area (Å²) >= 11 is 0. The molecule has 1 fully saturated rings. The topological polar surface area (TPSA) is 93.5 Å². The minimum absolute atomic E-state index is 0.135. The molecule has 0 aromatic rings. The van der Waals surface area contributed by atoms with Crippen molar-refractivity contribution in [2.45, 2.75) is 58.4 Å². The lowest BCUT2D eigenvalue weighted by Gasteiger charge is -2.34. The van der Waals surface area contributed by atoms with Crippen LogP contribution in [-0.4, -0.2) is 37.7 Å². The second-order valence-corrected chi connectivity index (χ2v) is 5.98. The van der Waals surface area contributed by atoms with Gasteiger partial charge in [0.05, 0.1) is 5.41 Å². The van der Waals surface area contributed by atoms with E-state index in [1.54, 1.807) is 0 Å². The van der Waals surface area contributed by atoms with Gasteiger partial charge in [0.15, 0.2) is 0 Å². The van der Waals surface area contributed by atoms with Crippen LogP contribution in [0.5, 0.6) is 0 Å². The molecule has 0 spiro atoms. The number of ether oxygens (including phenoxy) is 1. The minimum Gasteiger partial charge on any atom is -0.381 e. The summed E-state index contributed by atoms with van der Waals surface area (Å²) < 4.78 is 5.27. The van der Waals surface area contributed by atoms with E-state index >= 15 is 0 Å². The smallest absolute Gasteiger partial charge is 0.315 e. The van der Waals surface area contributed by atoms with E-state index in [1.165, 1.54) is 12.8 Å². The second kappa shape index (κ2) is 8.87. The van der Waals surface area contributed by atoms with Gasteiger partial charge >= 0.3 is 6.03 Å². The number of amides is 3. The Bertz CT molecular complexity index is 341. The molecule has 0 aromatic carbocycles. The Kier molecular flexibility index (Phi) is 7.50. The van der Waals surface area contributed by atoms with Crippen LogP contribution in [0.4, 0.5) is 4.79 Å². The standard InChI is InChI=1S/C15H29N3O3/c1-3-4-5-6-12(2)18-14(20)17-11-15(13(16)19)7-9-21-10-8-15/h12H,3-11H2,1-2H3,(H2,16,19)(H2,17,18,20)/t12-/m0/s1. The third-order valence-corrected chi connectivity index (χ3v) is 4.18. The fourth-order valence-electron chi connectivity index (χ4n) is 2.57. The molecule has 3 amide bonds. The van der Waals surface area contributed by atoms with E-state index in [9.17, 15) is 9.59 Å². The lowest BCUT2D eigenvalue weighted by Crippen LogP contribution is -2.52. The number of unbranched alkanes of at least 4 members (excludes halogenated alkanes) is 2. The van der Waals surface area contributed by atoms with Crippen LogP contribution in [0.25, 0.3) is 0 Å². The van der Waals surface area contributed by atoms with Gasteiger partial charge in [0.1, 0.15) is 0 Å². The molecule has 1 aliphatic heterocycles. The number of hydrogen-bond acceptors (Lipinski definition) is 3. The zero-order chi connectivity index (χ0) is 15.7. The molecular weight excluding hydrogens is 270 g/mol. The van der Waals surface area contributed by atoms with Gasteiger partial charge < -0.3 is 21.1 Å². The minimum atomic E-state index is -0.666. The SMILES string of the molecule is CCCCC[C@H](C)NC(=O)NCC1(C(N)=O)CCOCC1. The van der Waals surface area contributed by atoms with Crippen molar-refractivity contribution in [3.8, 4) is 0 Å². The van der Waals surface area contributed by atoms with E-state index in [0.717, 1.165) is 12.8 Å². The number of urea groups is 1. The molecule has 0 saturated carbocycles. The third kappa shape index (κ3) is 5.91. The summed E-state index contributed by atoms with van der Waals surface area (Å²) in [6, 6.07) is -0.0955. The lowest BCUT2D eigenvalue weighted by atomic mass is 9.79. The summed E-state index contributed by atoms with van der Waals surface area (Å²) in [6.07, 6.45) is 5.56. The maximum Gasteiger partial charge on any atom is 0.315 e. The van der Waals surface area contributed by atoms with Crippen molar-refractivity contribution in [2.75, 3.05) is 19.8 Å². The first-order valence-electron chi connectivity index (χ1n) is 7.92. The average Bonchev–Trinajstić information content (AvgIpc) is 2.46. The third-order valence-electron chi connectivity index (χ3n) is 4.18. The first-order chi connectivity index (χ1) is 10.00. The van der Waals surface area contributed by atoms with Gasteiger partial charge in [-0.3, -0.25) is 4.79 Å². The molecule has 1 heterocycles. The second-order valence-electron chi connectivity index (χ2n) is 5.98. The van der Waals surface area contributed by atoms with Crippen LogP contribution >= 0.6 is 0 Å². The summed E-state index contributed by atoms with van der Waals surface area (Å²) in [5.74, 6) is -0.359. The molecular formula is C15H29N3O3. The Morgan fingerprint density at radius 3 is 2.52 bits per heavy atom.